The van der Waals surface area contributed by atoms with E-state index in [2.05, 4.69) is 10.4 Å². The Morgan fingerprint density at radius 2 is 1.88 bits per heavy atom. The fraction of sp³-hybridized carbons (Fsp3) is 0.0625. The third kappa shape index (κ3) is 5.13. The molecule has 9 heteroatoms. The lowest BCUT2D eigenvalue weighted by Gasteiger charge is -2.03. The largest absolute Gasteiger partial charge is 0.502 e. The zero-order valence-corrected chi connectivity index (χ0v) is 12.9. The van der Waals surface area contributed by atoms with E-state index in [9.17, 15) is 24.8 Å². The fourth-order valence-corrected chi connectivity index (χ4v) is 1.84. The number of nitro groups is 1. The van der Waals surface area contributed by atoms with E-state index in [1.165, 1.54) is 6.07 Å². The van der Waals surface area contributed by atoms with Crippen molar-refractivity contribution in [3.8, 4) is 5.75 Å². The van der Waals surface area contributed by atoms with Crippen LogP contribution in [0.1, 0.15) is 11.1 Å². The molecule has 9 nitrogen and oxygen atoms in total. The summed E-state index contributed by atoms with van der Waals surface area (Å²) in [5.74, 6) is -2.32. The van der Waals surface area contributed by atoms with Crippen molar-refractivity contribution < 1.29 is 19.6 Å². The molecular weight excluding hydrogens is 328 g/mol. The van der Waals surface area contributed by atoms with Crippen molar-refractivity contribution in [3.63, 3.8) is 0 Å². The van der Waals surface area contributed by atoms with Gasteiger partial charge in [-0.15, -0.1) is 0 Å². The Hall–Kier alpha value is -3.75. The number of nitrogens with zero attached hydrogens (tertiary/aromatic N) is 2. The molecule has 2 amide bonds. The second kappa shape index (κ2) is 8.20. The predicted molar refractivity (Wildman–Crippen MR) is 88.8 cm³/mol. The third-order valence-corrected chi connectivity index (χ3v) is 3.08. The SMILES string of the molecule is O=C(NCc1ccccc1)C(=O)N/N=C/c1ccc(O)c([N+](=O)[O-])c1. The van der Waals surface area contributed by atoms with E-state index >= 15 is 0 Å². The maximum absolute atomic E-state index is 11.6. The Bertz CT molecular complexity index is 821. The van der Waals surface area contributed by atoms with Gasteiger partial charge in [0.1, 0.15) is 0 Å². The molecule has 2 rings (SSSR count). The average Bonchev–Trinajstić information content (AvgIpc) is 2.61. The van der Waals surface area contributed by atoms with Crippen LogP contribution in [0.5, 0.6) is 5.75 Å². The minimum Gasteiger partial charge on any atom is -0.502 e. The van der Waals surface area contributed by atoms with Crippen molar-refractivity contribution in [3.05, 3.63) is 69.8 Å². The number of carbonyl (C=O) groups excluding carboxylic acids is 2. The van der Waals surface area contributed by atoms with Gasteiger partial charge in [-0.25, -0.2) is 5.43 Å². The van der Waals surface area contributed by atoms with E-state index < -0.39 is 28.2 Å². The first kappa shape index (κ1) is 17.6. The van der Waals surface area contributed by atoms with Gasteiger partial charge < -0.3 is 10.4 Å². The third-order valence-electron chi connectivity index (χ3n) is 3.08. The smallest absolute Gasteiger partial charge is 0.329 e. The molecule has 0 radical (unpaired) electrons. The van der Waals surface area contributed by atoms with Crippen LogP contribution in [0.4, 0.5) is 5.69 Å². The zero-order valence-electron chi connectivity index (χ0n) is 12.9. The first-order chi connectivity index (χ1) is 12.0. The minimum atomic E-state index is -0.972. The molecule has 0 spiro atoms. The van der Waals surface area contributed by atoms with Crippen molar-refractivity contribution in [2.45, 2.75) is 6.54 Å². The van der Waals surface area contributed by atoms with Gasteiger partial charge in [0.2, 0.25) is 0 Å². The van der Waals surface area contributed by atoms with E-state index in [-0.39, 0.29) is 12.1 Å². The standard InChI is InChI=1S/C16H14N4O5/c21-14-7-6-12(8-13(14)20(24)25)10-18-19-16(23)15(22)17-9-11-4-2-1-3-5-11/h1-8,10,21H,9H2,(H,17,22)(H,19,23)/b18-10+. The molecule has 0 unspecified atom stereocenters. The molecule has 0 aliphatic rings. The van der Waals surface area contributed by atoms with Crippen LogP contribution in [-0.2, 0) is 16.1 Å². The van der Waals surface area contributed by atoms with Crippen molar-refractivity contribution >= 4 is 23.7 Å². The number of carbonyl (C=O) groups is 2. The van der Waals surface area contributed by atoms with E-state index in [4.69, 9.17) is 0 Å². The highest BCUT2D eigenvalue weighted by Crippen LogP contribution is 2.25. The topological polar surface area (TPSA) is 134 Å². The monoisotopic (exact) mass is 342 g/mol. The maximum atomic E-state index is 11.6. The highest BCUT2D eigenvalue weighted by molar-refractivity contribution is 6.35. The number of amides is 2. The van der Waals surface area contributed by atoms with Gasteiger partial charge in [0.05, 0.1) is 11.1 Å². The second-order valence-corrected chi connectivity index (χ2v) is 4.87. The number of nitrogens with one attached hydrogen (secondary N) is 2. The van der Waals surface area contributed by atoms with Crippen LogP contribution in [0.15, 0.2) is 53.6 Å². The summed E-state index contributed by atoms with van der Waals surface area (Å²) >= 11 is 0. The molecule has 0 atom stereocenters. The van der Waals surface area contributed by atoms with E-state index in [0.717, 1.165) is 23.9 Å². The number of nitro benzene ring substituents is 1. The Morgan fingerprint density at radius 1 is 1.16 bits per heavy atom. The molecule has 2 aromatic rings. The molecule has 0 bridgehead atoms. The van der Waals surface area contributed by atoms with Crippen LogP contribution in [0.25, 0.3) is 0 Å². The summed E-state index contributed by atoms with van der Waals surface area (Å²) in [4.78, 5) is 33.2. The Labute approximate surface area is 142 Å². The highest BCUT2D eigenvalue weighted by atomic mass is 16.6. The maximum Gasteiger partial charge on any atom is 0.329 e. The summed E-state index contributed by atoms with van der Waals surface area (Å²) in [5, 5.41) is 26.0. The summed E-state index contributed by atoms with van der Waals surface area (Å²) in [5.41, 5.74) is 2.64. The van der Waals surface area contributed by atoms with Gasteiger partial charge in [-0.1, -0.05) is 30.3 Å². The summed E-state index contributed by atoms with van der Waals surface area (Å²) in [6.07, 6.45) is 1.12. The Kier molecular flexibility index (Phi) is 5.77. The number of phenols is 1. The quantitative estimate of drug-likeness (QED) is 0.323. The molecule has 0 aromatic heterocycles. The summed E-state index contributed by atoms with van der Waals surface area (Å²) in [6, 6.07) is 12.6. The predicted octanol–water partition coefficient (Wildman–Crippen LogP) is 1.07. The second-order valence-electron chi connectivity index (χ2n) is 4.87. The van der Waals surface area contributed by atoms with Crippen LogP contribution in [0.3, 0.4) is 0 Å². The molecule has 0 fully saturated rings. The fourth-order valence-electron chi connectivity index (χ4n) is 1.84. The van der Waals surface area contributed by atoms with Crippen molar-refractivity contribution in [2.75, 3.05) is 0 Å². The van der Waals surface area contributed by atoms with E-state index in [1.807, 2.05) is 23.6 Å². The summed E-state index contributed by atoms with van der Waals surface area (Å²) < 4.78 is 0. The first-order valence-electron chi connectivity index (χ1n) is 7.10. The molecule has 0 aliphatic heterocycles. The van der Waals surface area contributed by atoms with Crippen LogP contribution in [0, 0.1) is 10.1 Å². The van der Waals surface area contributed by atoms with E-state index in [0.29, 0.717) is 0 Å². The molecule has 0 heterocycles. The lowest BCUT2D eigenvalue weighted by molar-refractivity contribution is -0.385. The van der Waals surface area contributed by atoms with Gasteiger partial charge in [-0.05, 0) is 17.7 Å². The molecule has 25 heavy (non-hydrogen) atoms. The number of rotatable bonds is 5. The number of hydrogen-bond donors (Lipinski definition) is 3. The van der Waals surface area contributed by atoms with Gasteiger partial charge in [0, 0.05) is 18.2 Å². The molecular formula is C16H14N4O5. The molecule has 128 valence electrons. The molecule has 0 saturated carbocycles. The summed E-state index contributed by atoms with van der Waals surface area (Å²) in [7, 11) is 0. The number of phenolic OH excluding ortho intramolecular Hbond substituents is 1. The molecule has 3 N–H and O–H groups in total. The van der Waals surface area contributed by atoms with Gasteiger partial charge in [-0.3, -0.25) is 19.7 Å². The molecule has 0 aliphatic carbocycles. The first-order valence-corrected chi connectivity index (χ1v) is 7.10. The van der Waals surface area contributed by atoms with Crippen molar-refractivity contribution in [1.29, 1.82) is 0 Å². The van der Waals surface area contributed by atoms with Crippen LogP contribution in [-0.4, -0.2) is 28.1 Å². The average molecular weight is 342 g/mol. The number of hydrogen-bond acceptors (Lipinski definition) is 6. The highest BCUT2D eigenvalue weighted by Gasteiger charge is 2.14. The summed E-state index contributed by atoms with van der Waals surface area (Å²) in [6.45, 7) is 0.195. The number of benzene rings is 2. The van der Waals surface area contributed by atoms with Crippen molar-refractivity contribution in [2.24, 2.45) is 5.10 Å². The lowest BCUT2D eigenvalue weighted by Crippen LogP contribution is -2.37. The normalized spacial score (nSPS) is 10.4. The van der Waals surface area contributed by atoms with Crippen LogP contribution in [0.2, 0.25) is 0 Å². The Morgan fingerprint density at radius 3 is 2.56 bits per heavy atom. The van der Waals surface area contributed by atoms with Gasteiger partial charge in [0.15, 0.2) is 5.75 Å². The zero-order chi connectivity index (χ0) is 18.2. The van der Waals surface area contributed by atoms with Gasteiger partial charge in [0.25, 0.3) is 0 Å². The van der Waals surface area contributed by atoms with Crippen LogP contribution >= 0.6 is 0 Å². The number of hydrazone groups is 1. The lowest BCUT2D eigenvalue weighted by atomic mass is 10.2. The minimum absolute atomic E-state index is 0.195. The molecule has 2 aromatic carbocycles. The molecule has 0 saturated heterocycles. The van der Waals surface area contributed by atoms with E-state index in [1.54, 1.807) is 12.1 Å². The van der Waals surface area contributed by atoms with Gasteiger partial charge >= 0.3 is 17.5 Å². The van der Waals surface area contributed by atoms with Crippen LogP contribution < -0.4 is 10.7 Å². The number of aromatic hydroxyl groups is 1. The Balaban J connectivity index is 1.88. The van der Waals surface area contributed by atoms with Gasteiger partial charge in [-0.2, -0.15) is 5.10 Å². The van der Waals surface area contributed by atoms with Crippen molar-refractivity contribution in [1.82, 2.24) is 10.7 Å².